The average Bonchev–Trinajstić information content (AvgIpc) is 3.18. The van der Waals surface area contributed by atoms with Crippen molar-refractivity contribution >= 4 is 31.6 Å². The Bertz CT molecular complexity index is 908. The summed E-state index contributed by atoms with van der Waals surface area (Å²) in [5, 5.41) is 2.70. The van der Waals surface area contributed by atoms with Gasteiger partial charge in [-0.05, 0) is 43.5 Å². The monoisotopic (exact) mass is 461 g/mol. The summed E-state index contributed by atoms with van der Waals surface area (Å²) in [6, 6.07) is 5.39. The fourth-order valence-electron chi connectivity index (χ4n) is 3.19. The van der Waals surface area contributed by atoms with Crippen LogP contribution in [0.3, 0.4) is 0 Å². The Labute approximate surface area is 179 Å². The molecule has 1 aromatic carbocycles. The number of nitrogens with one attached hydrogen (secondary N) is 1. The van der Waals surface area contributed by atoms with Crippen molar-refractivity contribution in [3.8, 4) is 0 Å². The minimum absolute atomic E-state index is 0.0383. The molecule has 1 saturated carbocycles. The van der Waals surface area contributed by atoms with E-state index in [1.807, 2.05) is 0 Å². The number of hydrogen-bond donors (Lipinski definition) is 1. The highest BCUT2D eigenvalue weighted by Gasteiger charge is 2.23. The fourth-order valence-corrected chi connectivity index (χ4v) is 4.94. The highest BCUT2D eigenvalue weighted by molar-refractivity contribution is 7.92. The number of carbonyl (C=O) groups is 1. The molecule has 1 aromatic rings. The van der Waals surface area contributed by atoms with Crippen molar-refractivity contribution in [2.24, 2.45) is 0 Å². The Morgan fingerprint density at radius 1 is 1.10 bits per heavy atom. The van der Waals surface area contributed by atoms with Crippen LogP contribution in [0.1, 0.15) is 32.1 Å². The van der Waals surface area contributed by atoms with E-state index in [9.17, 15) is 21.6 Å². The molecule has 9 nitrogen and oxygen atoms in total. The van der Waals surface area contributed by atoms with Crippen molar-refractivity contribution in [3.63, 3.8) is 0 Å². The van der Waals surface area contributed by atoms with E-state index in [4.69, 9.17) is 4.74 Å². The second-order valence-corrected chi connectivity index (χ2v) is 11.6. The molecule has 0 unspecified atom stereocenters. The molecule has 0 aliphatic heterocycles. The maximum Gasteiger partial charge on any atom is 0.242 e. The molecule has 0 bridgehead atoms. The standard InChI is InChI=1S/C19H31N3O6S2/c1-21(2)30(26,27)18-11-9-16(10-12-18)22(29(3,24)25)15-19(23)20-13-6-14-28-17-7-4-5-8-17/h9-12,17H,4-8,13-15H2,1-3H3,(H,20,23). The van der Waals surface area contributed by atoms with Crippen LogP contribution >= 0.6 is 0 Å². The van der Waals surface area contributed by atoms with E-state index in [1.165, 1.54) is 51.2 Å². The van der Waals surface area contributed by atoms with Crippen molar-refractivity contribution in [3.05, 3.63) is 24.3 Å². The first-order valence-corrected chi connectivity index (χ1v) is 13.2. The highest BCUT2D eigenvalue weighted by atomic mass is 32.2. The van der Waals surface area contributed by atoms with Crippen molar-refractivity contribution in [2.75, 3.05) is 44.4 Å². The summed E-state index contributed by atoms with van der Waals surface area (Å²) in [6.45, 7) is 0.563. The van der Waals surface area contributed by atoms with E-state index in [2.05, 4.69) is 5.32 Å². The Morgan fingerprint density at radius 2 is 1.70 bits per heavy atom. The first-order valence-electron chi connectivity index (χ1n) is 9.90. The molecule has 0 aromatic heterocycles. The van der Waals surface area contributed by atoms with Crippen LogP contribution in [0.2, 0.25) is 0 Å². The van der Waals surface area contributed by atoms with Crippen molar-refractivity contribution in [2.45, 2.75) is 43.1 Å². The number of amides is 1. The highest BCUT2D eigenvalue weighted by Crippen LogP contribution is 2.22. The molecule has 1 N–H and O–H groups in total. The van der Waals surface area contributed by atoms with Gasteiger partial charge in [-0.3, -0.25) is 9.10 Å². The number of rotatable bonds is 11. The molecular formula is C19H31N3O6S2. The van der Waals surface area contributed by atoms with Crippen LogP contribution in [0.25, 0.3) is 0 Å². The molecule has 1 aliphatic carbocycles. The zero-order chi connectivity index (χ0) is 22.4. The average molecular weight is 462 g/mol. The van der Waals surface area contributed by atoms with Gasteiger partial charge >= 0.3 is 0 Å². The van der Waals surface area contributed by atoms with Crippen molar-refractivity contribution in [1.29, 1.82) is 0 Å². The lowest BCUT2D eigenvalue weighted by Crippen LogP contribution is -2.40. The van der Waals surface area contributed by atoms with E-state index in [-0.39, 0.29) is 17.1 Å². The second kappa shape index (κ2) is 10.6. The zero-order valence-electron chi connectivity index (χ0n) is 17.7. The van der Waals surface area contributed by atoms with Crippen LogP contribution in [-0.2, 0) is 29.6 Å². The number of benzene rings is 1. The predicted octanol–water partition coefficient (Wildman–Crippen LogP) is 1.17. The van der Waals surface area contributed by atoms with E-state index in [0.717, 1.165) is 27.7 Å². The topological polar surface area (TPSA) is 113 Å². The van der Waals surface area contributed by atoms with Crippen molar-refractivity contribution < 1.29 is 26.4 Å². The van der Waals surface area contributed by atoms with Crippen LogP contribution < -0.4 is 9.62 Å². The van der Waals surface area contributed by atoms with E-state index < -0.39 is 26.0 Å². The molecule has 1 aliphatic rings. The van der Waals surface area contributed by atoms with Gasteiger partial charge in [-0.15, -0.1) is 0 Å². The van der Waals surface area contributed by atoms with Gasteiger partial charge < -0.3 is 10.1 Å². The summed E-state index contributed by atoms with van der Waals surface area (Å²) in [6.07, 6.45) is 6.54. The van der Waals surface area contributed by atoms with Gasteiger partial charge in [-0.2, -0.15) is 0 Å². The normalized spacial score (nSPS) is 15.5. The maximum absolute atomic E-state index is 12.2. The van der Waals surface area contributed by atoms with Crippen molar-refractivity contribution in [1.82, 2.24) is 9.62 Å². The van der Waals surface area contributed by atoms with Crippen LogP contribution in [-0.4, -0.2) is 73.2 Å². The van der Waals surface area contributed by atoms with Gasteiger partial charge in [-0.1, -0.05) is 12.8 Å². The molecule has 0 atom stereocenters. The van der Waals surface area contributed by atoms with Gasteiger partial charge in [0.1, 0.15) is 6.54 Å². The van der Waals surface area contributed by atoms with E-state index >= 15 is 0 Å². The van der Waals surface area contributed by atoms with Crippen LogP contribution in [0.5, 0.6) is 0 Å². The Kier molecular flexibility index (Phi) is 8.65. The van der Waals surface area contributed by atoms with Crippen LogP contribution in [0.15, 0.2) is 29.2 Å². The number of ether oxygens (including phenoxy) is 1. The van der Waals surface area contributed by atoms with Gasteiger partial charge in [0, 0.05) is 27.2 Å². The molecule has 0 saturated heterocycles. The minimum Gasteiger partial charge on any atom is -0.378 e. The number of nitrogens with zero attached hydrogens (tertiary/aromatic N) is 2. The molecule has 11 heteroatoms. The van der Waals surface area contributed by atoms with E-state index in [0.29, 0.717) is 25.7 Å². The molecule has 30 heavy (non-hydrogen) atoms. The molecule has 0 spiro atoms. The molecule has 1 amide bonds. The summed E-state index contributed by atoms with van der Waals surface area (Å²) in [7, 11) is -4.54. The minimum atomic E-state index is -3.74. The SMILES string of the molecule is CN(C)S(=O)(=O)c1ccc(N(CC(=O)NCCCOC2CCCC2)S(C)(=O)=O)cc1. The smallest absolute Gasteiger partial charge is 0.242 e. The third-order valence-corrected chi connectivity index (χ3v) is 7.86. The van der Waals surface area contributed by atoms with Crippen LogP contribution in [0, 0.1) is 0 Å². The Hall–Kier alpha value is -1.69. The predicted molar refractivity (Wildman–Crippen MR) is 115 cm³/mol. The second-order valence-electron chi connectivity index (χ2n) is 7.53. The third-order valence-electron chi connectivity index (χ3n) is 4.89. The van der Waals surface area contributed by atoms with Gasteiger partial charge in [0.15, 0.2) is 0 Å². The molecule has 1 fully saturated rings. The van der Waals surface area contributed by atoms with Gasteiger partial charge in [0.25, 0.3) is 0 Å². The maximum atomic E-state index is 12.2. The summed E-state index contributed by atoms with van der Waals surface area (Å²) >= 11 is 0. The molecule has 0 heterocycles. The first-order chi connectivity index (χ1) is 14.0. The largest absolute Gasteiger partial charge is 0.378 e. The van der Waals surface area contributed by atoms with Gasteiger partial charge in [0.2, 0.25) is 26.0 Å². The fraction of sp³-hybridized carbons (Fsp3) is 0.632. The number of anilines is 1. The van der Waals surface area contributed by atoms with E-state index in [1.54, 1.807) is 0 Å². The summed E-state index contributed by atoms with van der Waals surface area (Å²) in [5.74, 6) is -0.439. The summed E-state index contributed by atoms with van der Waals surface area (Å²) in [4.78, 5) is 12.3. The summed E-state index contributed by atoms with van der Waals surface area (Å²) in [5.41, 5.74) is 0.218. The lowest BCUT2D eigenvalue weighted by Gasteiger charge is -2.22. The molecule has 2 rings (SSSR count). The Morgan fingerprint density at radius 3 is 2.23 bits per heavy atom. The molecule has 170 valence electrons. The summed E-state index contributed by atoms with van der Waals surface area (Å²) < 4.78 is 56.4. The lowest BCUT2D eigenvalue weighted by molar-refractivity contribution is -0.119. The zero-order valence-corrected chi connectivity index (χ0v) is 19.3. The molecular weight excluding hydrogens is 430 g/mol. The Balaban J connectivity index is 1.93. The molecule has 0 radical (unpaired) electrons. The van der Waals surface area contributed by atoms with Gasteiger partial charge in [-0.25, -0.2) is 21.1 Å². The quantitative estimate of drug-likeness (QED) is 0.495. The van der Waals surface area contributed by atoms with Crippen LogP contribution in [0.4, 0.5) is 5.69 Å². The van der Waals surface area contributed by atoms with Gasteiger partial charge in [0.05, 0.1) is 22.9 Å². The first kappa shape index (κ1) is 24.6. The number of carbonyl (C=O) groups excluding carboxylic acids is 1. The third kappa shape index (κ3) is 6.93. The number of sulfonamides is 2. The lowest BCUT2D eigenvalue weighted by atomic mass is 10.3. The number of hydrogen-bond acceptors (Lipinski definition) is 6.